The molecule has 1 amide bonds. The van der Waals surface area contributed by atoms with Crippen LogP contribution in [0.5, 0.6) is 11.5 Å². The molecule has 5 nitrogen and oxygen atoms in total. The minimum atomic E-state index is -1.17. The van der Waals surface area contributed by atoms with Gasteiger partial charge in [0.2, 0.25) is 0 Å². The van der Waals surface area contributed by atoms with Crippen molar-refractivity contribution in [3.63, 3.8) is 0 Å². The molecule has 0 aliphatic heterocycles. The first-order valence-corrected chi connectivity index (χ1v) is 10.4. The van der Waals surface area contributed by atoms with Gasteiger partial charge in [-0.1, -0.05) is 36.4 Å². The van der Waals surface area contributed by atoms with Crippen LogP contribution in [0.25, 0.3) is 6.08 Å². The molecular formula is C23H21NO4S. The molecule has 0 saturated heterocycles. The molecule has 1 unspecified atom stereocenters. The molecule has 3 N–H and O–H groups in total. The molecule has 1 atom stereocenters. The Morgan fingerprint density at radius 3 is 2.34 bits per heavy atom. The van der Waals surface area contributed by atoms with Gasteiger partial charge in [-0.3, -0.25) is 9.00 Å². The zero-order valence-electron chi connectivity index (χ0n) is 15.6. The van der Waals surface area contributed by atoms with E-state index in [0.29, 0.717) is 29.0 Å². The normalized spacial score (nSPS) is 12.0. The Labute approximate surface area is 171 Å². The molecule has 6 heteroatoms. The number of nitrogens with one attached hydrogen (secondary N) is 1. The number of amides is 1. The lowest BCUT2D eigenvalue weighted by Crippen LogP contribution is -2.11. The van der Waals surface area contributed by atoms with Crippen LogP contribution in [0.2, 0.25) is 0 Å². The van der Waals surface area contributed by atoms with E-state index in [-0.39, 0.29) is 17.4 Å². The summed E-state index contributed by atoms with van der Waals surface area (Å²) in [5.74, 6) is -0.107. The molecule has 0 fully saturated rings. The van der Waals surface area contributed by atoms with Crippen LogP contribution in [0.1, 0.15) is 21.5 Å². The molecule has 0 radical (unpaired) electrons. The number of aryl methyl sites for hydroxylation is 1. The van der Waals surface area contributed by atoms with E-state index >= 15 is 0 Å². The highest BCUT2D eigenvalue weighted by molar-refractivity contribution is 7.88. The van der Waals surface area contributed by atoms with E-state index in [4.69, 9.17) is 0 Å². The standard InChI is InChI=1S/C23H21NO4S/c25-21-11-8-18(16-22(21)26)13-15-29(28)14-12-17-6-9-20(10-7-17)24-23(27)19-4-2-1-3-5-19/h1-11,13,15-16,25-26H,12,14H2,(H,24,27)/b15-13+. The Hall–Kier alpha value is -3.38. The maximum absolute atomic E-state index is 12.2. The van der Waals surface area contributed by atoms with E-state index in [1.54, 1.807) is 29.7 Å². The van der Waals surface area contributed by atoms with Crippen molar-refractivity contribution in [3.8, 4) is 11.5 Å². The molecule has 0 aromatic heterocycles. The summed E-state index contributed by atoms with van der Waals surface area (Å²) in [6, 6.07) is 20.9. The summed E-state index contributed by atoms with van der Waals surface area (Å²) in [6.45, 7) is 0. The van der Waals surface area contributed by atoms with Crippen molar-refractivity contribution in [2.45, 2.75) is 6.42 Å². The highest BCUT2D eigenvalue weighted by atomic mass is 32.2. The van der Waals surface area contributed by atoms with Gasteiger partial charge in [0, 0.05) is 33.2 Å². The van der Waals surface area contributed by atoms with E-state index in [0.717, 1.165) is 5.56 Å². The minimum absolute atomic E-state index is 0.162. The second-order valence-electron chi connectivity index (χ2n) is 6.40. The maximum Gasteiger partial charge on any atom is 0.255 e. The zero-order valence-corrected chi connectivity index (χ0v) is 16.4. The molecule has 148 valence electrons. The van der Waals surface area contributed by atoms with Crippen LogP contribution < -0.4 is 5.32 Å². The van der Waals surface area contributed by atoms with E-state index in [1.165, 1.54) is 12.1 Å². The predicted octanol–water partition coefficient (Wildman–Crippen LogP) is 4.31. The Morgan fingerprint density at radius 2 is 1.66 bits per heavy atom. The van der Waals surface area contributed by atoms with Gasteiger partial charge in [-0.05, 0) is 60.0 Å². The molecule has 0 heterocycles. The summed E-state index contributed by atoms with van der Waals surface area (Å²) < 4.78 is 12.2. The van der Waals surface area contributed by atoms with Crippen LogP contribution >= 0.6 is 0 Å². The number of benzene rings is 3. The zero-order chi connectivity index (χ0) is 20.6. The fourth-order valence-electron chi connectivity index (χ4n) is 2.63. The summed E-state index contributed by atoms with van der Waals surface area (Å²) in [7, 11) is -1.17. The lowest BCUT2D eigenvalue weighted by atomic mass is 10.1. The number of phenols is 2. The van der Waals surface area contributed by atoms with E-state index in [2.05, 4.69) is 5.32 Å². The summed E-state index contributed by atoms with van der Waals surface area (Å²) in [5.41, 5.74) is 2.98. The fraction of sp³-hybridized carbons (Fsp3) is 0.0870. The average molecular weight is 407 g/mol. The molecule has 0 spiro atoms. The second kappa shape index (κ2) is 9.71. The van der Waals surface area contributed by atoms with Gasteiger partial charge in [0.05, 0.1) is 0 Å². The number of aromatic hydroxyl groups is 2. The second-order valence-corrected chi connectivity index (χ2v) is 7.84. The number of carbonyl (C=O) groups excluding carboxylic acids is 1. The number of carbonyl (C=O) groups is 1. The smallest absolute Gasteiger partial charge is 0.255 e. The van der Waals surface area contributed by atoms with Gasteiger partial charge < -0.3 is 15.5 Å². The van der Waals surface area contributed by atoms with Gasteiger partial charge in [-0.25, -0.2) is 0 Å². The Kier molecular flexibility index (Phi) is 6.81. The van der Waals surface area contributed by atoms with E-state index in [1.807, 2.05) is 42.5 Å². The SMILES string of the molecule is O=C(Nc1ccc(CCS(=O)/C=C/c2ccc(O)c(O)c2)cc1)c1ccccc1. The molecule has 0 aliphatic carbocycles. The van der Waals surface area contributed by atoms with Crippen LogP contribution in [0.15, 0.2) is 78.2 Å². The summed E-state index contributed by atoms with van der Waals surface area (Å²) in [4.78, 5) is 12.2. The topological polar surface area (TPSA) is 86.6 Å². The predicted molar refractivity (Wildman–Crippen MR) is 116 cm³/mol. The largest absolute Gasteiger partial charge is 0.504 e. The first-order chi connectivity index (χ1) is 14.0. The molecule has 3 aromatic rings. The summed E-state index contributed by atoms with van der Waals surface area (Å²) in [6.07, 6.45) is 2.28. The van der Waals surface area contributed by atoms with Gasteiger partial charge in [-0.2, -0.15) is 0 Å². The Morgan fingerprint density at radius 1 is 0.931 bits per heavy atom. The van der Waals surface area contributed by atoms with Crippen molar-refractivity contribution in [1.29, 1.82) is 0 Å². The lowest BCUT2D eigenvalue weighted by molar-refractivity contribution is 0.102. The highest BCUT2D eigenvalue weighted by Gasteiger charge is 2.05. The van der Waals surface area contributed by atoms with Crippen molar-refractivity contribution in [1.82, 2.24) is 0 Å². The number of phenolic OH excluding ortho intramolecular Hbond substituents is 2. The van der Waals surface area contributed by atoms with Gasteiger partial charge in [0.25, 0.3) is 5.91 Å². The maximum atomic E-state index is 12.2. The number of hydrogen-bond acceptors (Lipinski definition) is 4. The van der Waals surface area contributed by atoms with Gasteiger partial charge in [0.15, 0.2) is 11.5 Å². The Balaban J connectivity index is 1.50. The van der Waals surface area contributed by atoms with Crippen LogP contribution in [-0.4, -0.2) is 26.1 Å². The van der Waals surface area contributed by atoms with E-state index in [9.17, 15) is 19.2 Å². The van der Waals surface area contributed by atoms with Crippen molar-refractivity contribution >= 4 is 28.5 Å². The first kappa shape index (κ1) is 20.4. The van der Waals surface area contributed by atoms with Crippen molar-refractivity contribution < 1.29 is 19.2 Å². The van der Waals surface area contributed by atoms with Crippen LogP contribution in [-0.2, 0) is 17.2 Å². The molecule has 0 aliphatic rings. The van der Waals surface area contributed by atoms with Gasteiger partial charge in [0.1, 0.15) is 0 Å². The number of rotatable bonds is 7. The third kappa shape index (κ3) is 6.05. The fourth-order valence-corrected chi connectivity index (χ4v) is 3.51. The van der Waals surface area contributed by atoms with E-state index < -0.39 is 10.8 Å². The average Bonchev–Trinajstić information content (AvgIpc) is 2.74. The third-order valence-corrected chi connectivity index (χ3v) is 5.30. The molecule has 3 rings (SSSR count). The summed E-state index contributed by atoms with van der Waals surface area (Å²) >= 11 is 0. The third-order valence-electron chi connectivity index (χ3n) is 4.25. The quantitative estimate of drug-likeness (QED) is 0.509. The van der Waals surface area contributed by atoms with Crippen LogP contribution in [0, 0.1) is 0 Å². The molecular weight excluding hydrogens is 386 g/mol. The van der Waals surface area contributed by atoms with Crippen LogP contribution in [0.4, 0.5) is 5.69 Å². The van der Waals surface area contributed by atoms with Gasteiger partial charge >= 0.3 is 0 Å². The van der Waals surface area contributed by atoms with Crippen molar-refractivity contribution in [3.05, 3.63) is 94.9 Å². The lowest BCUT2D eigenvalue weighted by Gasteiger charge is -2.06. The number of anilines is 1. The minimum Gasteiger partial charge on any atom is -0.504 e. The molecule has 29 heavy (non-hydrogen) atoms. The molecule has 3 aromatic carbocycles. The van der Waals surface area contributed by atoms with Crippen molar-refractivity contribution in [2.24, 2.45) is 0 Å². The molecule has 0 saturated carbocycles. The molecule has 0 bridgehead atoms. The van der Waals surface area contributed by atoms with Crippen molar-refractivity contribution in [2.75, 3.05) is 11.1 Å². The number of hydrogen-bond donors (Lipinski definition) is 3. The summed E-state index contributed by atoms with van der Waals surface area (Å²) in [5, 5.41) is 23.2. The first-order valence-electron chi connectivity index (χ1n) is 9.04. The highest BCUT2D eigenvalue weighted by Crippen LogP contribution is 2.25. The van der Waals surface area contributed by atoms with Gasteiger partial charge in [-0.15, -0.1) is 0 Å². The monoisotopic (exact) mass is 407 g/mol. The Bertz CT molecular complexity index is 1030. The van der Waals surface area contributed by atoms with Crippen LogP contribution in [0.3, 0.4) is 0 Å².